The van der Waals surface area contributed by atoms with Crippen LogP contribution in [-0.2, 0) is 13.0 Å². The van der Waals surface area contributed by atoms with Gasteiger partial charge in [-0.1, -0.05) is 12.1 Å². The molecule has 0 aliphatic rings. The molecule has 0 fully saturated rings. The lowest BCUT2D eigenvalue weighted by Crippen LogP contribution is -2.39. The van der Waals surface area contributed by atoms with E-state index in [2.05, 4.69) is 32.9 Å². The van der Waals surface area contributed by atoms with Crippen LogP contribution in [0.25, 0.3) is 0 Å². The predicted molar refractivity (Wildman–Crippen MR) is 101 cm³/mol. The van der Waals surface area contributed by atoms with Crippen LogP contribution in [0.5, 0.6) is 0 Å². The SMILES string of the molecule is CCCN=C(NCCCn1ccnn1)NCCc1ccco1.I. The summed E-state index contributed by atoms with van der Waals surface area (Å²) < 4.78 is 7.15. The molecule has 0 aliphatic heterocycles. The minimum Gasteiger partial charge on any atom is -0.469 e. The molecular weight excluding hydrogens is 407 g/mol. The molecule has 0 spiro atoms. The van der Waals surface area contributed by atoms with Gasteiger partial charge in [0.05, 0.1) is 12.5 Å². The molecule has 2 aromatic heterocycles. The van der Waals surface area contributed by atoms with Gasteiger partial charge in [0.25, 0.3) is 0 Å². The van der Waals surface area contributed by atoms with Gasteiger partial charge in [0, 0.05) is 38.8 Å². The van der Waals surface area contributed by atoms with Crippen LogP contribution < -0.4 is 10.6 Å². The van der Waals surface area contributed by atoms with Gasteiger partial charge in [-0.15, -0.1) is 29.1 Å². The third-order valence-electron chi connectivity index (χ3n) is 3.07. The number of aromatic nitrogens is 3. The Labute approximate surface area is 154 Å². The van der Waals surface area contributed by atoms with Gasteiger partial charge in [-0.2, -0.15) is 0 Å². The van der Waals surface area contributed by atoms with E-state index < -0.39 is 0 Å². The average Bonchev–Trinajstić information content (AvgIpc) is 3.21. The molecule has 0 saturated carbocycles. The van der Waals surface area contributed by atoms with Crippen molar-refractivity contribution in [2.24, 2.45) is 4.99 Å². The molecule has 0 unspecified atom stereocenters. The maximum atomic E-state index is 5.32. The number of rotatable bonds is 9. The Kier molecular flexibility index (Phi) is 10.1. The largest absolute Gasteiger partial charge is 0.469 e. The van der Waals surface area contributed by atoms with Crippen LogP contribution in [0.1, 0.15) is 25.5 Å². The quantitative estimate of drug-likeness (QED) is 0.275. The summed E-state index contributed by atoms with van der Waals surface area (Å²) >= 11 is 0. The van der Waals surface area contributed by atoms with Crippen molar-refractivity contribution in [3.8, 4) is 0 Å². The minimum atomic E-state index is 0. The number of hydrogen-bond donors (Lipinski definition) is 2. The number of hydrogen-bond acceptors (Lipinski definition) is 4. The minimum absolute atomic E-state index is 0. The van der Waals surface area contributed by atoms with Crippen LogP contribution in [0.4, 0.5) is 0 Å². The summed E-state index contributed by atoms with van der Waals surface area (Å²) in [4.78, 5) is 4.52. The number of aryl methyl sites for hydroxylation is 1. The van der Waals surface area contributed by atoms with E-state index in [1.54, 1.807) is 12.5 Å². The summed E-state index contributed by atoms with van der Waals surface area (Å²) in [5.74, 6) is 1.83. The zero-order valence-electron chi connectivity index (χ0n) is 13.4. The van der Waals surface area contributed by atoms with Gasteiger partial charge in [-0.05, 0) is 25.0 Å². The van der Waals surface area contributed by atoms with Gasteiger partial charge in [-0.25, -0.2) is 0 Å². The summed E-state index contributed by atoms with van der Waals surface area (Å²) in [6, 6.07) is 3.89. The molecule has 0 radical (unpaired) electrons. The van der Waals surface area contributed by atoms with Crippen molar-refractivity contribution in [1.29, 1.82) is 0 Å². The Morgan fingerprint density at radius 1 is 1.35 bits per heavy atom. The second-order valence-corrected chi connectivity index (χ2v) is 4.93. The third kappa shape index (κ3) is 8.00. The molecule has 0 amide bonds. The highest BCUT2D eigenvalue weighted by molar-refractivity contribution is 14.0. The molecule has 0 atom stereocenters. The first-order valence-electron chi connectivity index (χ1n) is 7.77. The van der Waals surface area contributed by atoms with E-state index in [1.165, 1.54) is 0 Å². The molecule has 0 saturated heterocycles. The molecule has 23 heavy (non-hydrogen) atoms. The first-order valence-corrected chi connectivity index (χ1v) is 7.77. The van der Waals surface area contributed by atoms with Crippen LogP contribution in [0, 0.1) is 0 Å². The molecule has 7 nitrogen and oxygen atoms in total. The van der Waals surface area contributed by atoms with Crippen LogP contribution >= 0.6 is 24.0 Å². The smallest absolute Gasteiger partial charge is 0.191 e. The first-order chi connectivity index (χ1) is 10.9. The number of halogens is 1. The molecule has 0 bridgehead atoms. The van der Waals surface area contributed by atoms with Crippen LogP contribution in [-0.4, -0.2) is 40.6 Å². The standard InChI is InChI=1S/C15H24N6O.HI/c1-2-7-16-15(18-9-6-14-5-3-13-22-14)17-8-4-11-21-12-10-19-20-21;/h3,5,10,12-13H,2,4,6-9,11H2,1H3,(H2,16,17,18);1H. The highest BCUT2D eigenvalue weighted by Gasteiger charge is 2.00. The highest BCUT2D eigenvalue weighted by atomic mass is 127. The van der Waals surface area contributed by atoms with E-state index in [9.17, 15) is 0 Å². The molecular formula is C15H25IN6O. The summed E-state index contributed by atoms with van der Waals surface area (Å²) in [6.07, 6.45) is 8.10. The number of nitrogens with zero attached hydrogens (tertiary/aromatic N) is 4. The molecule has 2 rings (SSSR count). The second kappa shape index (κ2) is 11.9. The van der Waals surface area contributed by atoms with E-state index in [0.29, 0.717) is 0 Å². The fraction of sp³-hybridized carbons (Fsp3) is 0.533. The lowest BCUT2D eigenvalue weighted by Gasteiger charge is -2.12. The van der Waals surface area contributed by atoms with Crippen molar-refractivity contribution < 1.29 is 4.42 Å². The second-order valence-electron chi connectivity index (χ2n) is 4.93. The zero-order chi connectivity index (χ0) is 15.5. The van der Waals surface area contributed by atoms with Crippen molar-refractivity contribution in [3.63, 3.8) is 0 Å². The topological polar surface area (TPSA) is 80.3 Å². The maximum Gasteiger partial charge on any atom is 0.191 e. The Hall–Kier alpha value is -1.58. The fourth-order valence-electron chi connectivity index (χ4n) is 1.96. The molecule has 2 N–H and O–H groups in total. The van der Waals surface area contributed by atoms with E-state index >= 15 is 0 Å². The van der Waals surface area contributed by atoms with Crippen LogP contribution in [0.2, 0.25) is 0 Å². The van der Waals surface area contributed by atoms with Crippen molar-refractivity contribution in [2.45, 2.75) is 32.7 Å². The van der Waals surface area contributed by atoms with E-state index in [-0.39, 0.29) is 24.0 Å². The summed E-state index contributed by atoms with van der Waals surface area (Å²) in [6.45, 7) is 5.43. The zero-order valence-corrected chi connectivity index (χ0v) is 15.8. The summed E-state index contributed by atoms with van der Waals surface area (Å²) in [5, 5.41) is 14.4. The Morgan fingerprint density at radius 2 is 2.22 bits per heavy atom. The summed E-state index contributed by atoms with van der Waals surface area (Å²) in [5.41, 5.74) is 0. The number of furan rings is 1. The third-order valence-corrected chi connectivity index (χ3v) is 3.07. The van der Waals surface area contributed by atoms with Crippen molar-refractivity contribution in [1.82, 2.24) is 25.6 Å². The Balaban J connectivity index is 0.00000264. The van der Waals surface area contributed by atoms with Gasteiger partial charge < -0.3 is 15.1 Å². The Bertz CT molecular complexity index is 526. The molecule has 0 aromatic carbocycles. The van der Waals surface area contributed by atoms with Gasteiger partial charge in [0.15, 0.2) is 5.96 Å². The van der Waals surface area contributed by atoms with Crippen molar-refractivity contribution in [3.05, 3.63) is 36.5 Å². The number of aliphatic imine (C=N–C) groups is 1. The van der Waals surface area contributed by atoms with Crippen molar-refractivity contribution >= 4 is 29.9 Å². The van der Waals surface area contributed by atoms with Crippen molar-refractivity contribution in [2.75, 3.05) is 19.6 Å². The van der Waals surface area contributed by atoms with Gasteiger partial charge in [0.2, 0.25) is 0 Å². The van der Waals surface area contributed by atoms with E-state index in [1.807, 2.05) is 23.0 Å². The molecule has 0 aliphatic carbocycles. The fourth-order valence-corrected chi connectivity index (χ4v) is 1.96. The van der Waals surface area contributed by atoms with Crippen LogP contribution in [0.3, 0.4) is 0 Å². The average molecular weight is 432 g/mol. The Morgan fingerprint density at radius 3 is 2.91 bits per heavy atom. The number of nitrogens with one attached hydrogen (secondary N) is 2. The normalized spacial score (nSPS) is 11.1. The molecule has 8 heteroatoms. The monoisotopic (exact) mass is 432 g/mol. The highest BCUT2D eigenvalue weighted by Crippen LogP contribution is 1.99. The predicted octanol–water partition coefficient (Wildman–Crippen LogP) is 2.07. The molecule has 2 aromatic rings. The van der Waals surface area contributed by atoms with E-state index in [4.69, 9.17) is 4.42 Å². The summed E-state index contributed by atoms with van der Waals surface area (Å²) in [7, 11) is 0. The van der Waals surface area contributed by atoms with Crippen LogP contribution in [0.15, 0.2) is 40.2 Å². The van der Waals surface area contributed by atoms with Gasteiger partial charge in [0.1, 0.15) is 5.76 Å². The molecule has 128 valence electrons. The van der Waals surface area contributed by atoms with E-state index in [0.717, 1.165) is 57.2 Å². The molecule has 2 heterocycles. The maximum absolute atomic E-state index is 5.32. The first kappa shape index (κ1) is 19.5. The van der Waals surface area contributed by atoms with Gasteiger partial charge >= 0.3 is 0 Å². The number of guanidine groups is 1. The lowest BCUT2D eigenvalue weighted by atomic mass is 10.3. The lowest BCUT2D eigenvalue weighted by molar-refractivity contribution is 0.506. The van der Waals surface area contributed by atoms with Gasteiger partial charge in [-0.3, -0.25) is 9.67 Å².